The maximum Gasteiger partial charge on any atom is 0.221 e. The van der Waals surface area contributed by atoms with Crippen LogP contribution in [0.3, 0.4) is 0 Å². The van der Waals surface area contributed by atoms with E-state index in [1.54, 1.807) is 7.05 Å². The number of hydrogen-bond acceptors (Lipinski definition) is 2. The van der Waals surface area contributed by atoms with E-state index in [2.05, 4.69) is 59.1 Å². The molecule has 0 aliphatic heterocycles. The van der Waals surface area contributed by atoms with E-state index < -0.39 is 0 Å². The molecule has 0 fully saturated rings. The molecule has 0 aliphatic carbocycles. The highest BCUT2D eigenvalue weighted by molar-refractivity contribution is 14.0. The Morgan fingerprint density at radius 3 is 2.37 bits per heavy atom. The number of benzene rings is 2. The molecule has 2 aromatic rings. The van der Waals surface area contributed by atoms with E-state index in [0.717, 1.165) is 23.8 Å². The lowest BCUT2D eigenvalue weighted by molar-refractivity contribution is -0.114. The summed E-state index contributed by atoms with van der Waals surface area (Å²) in [5.41, 5.74) is 3.14. The predicted molar refractivity (Wildman–Crippen MR) is 124 cm³/mol. The van der Waals surface area contributed by atoms with E-state index in [4.69, 9.17) is 0 Å². The Kier molecular flexibility index (Phi) is 9.28. The molecule has 3 N–H and O–H groups in total. The zero-order valence-corrected chi connectivity index (χ0v) is 18.7. The van der Waals surface area contributed by atoms with E-state index in [1.807, 2.05) is 30.3 Å². The molecule has 146 valence electrons. The number of amides is 1. The molecule has 0 radical (unpaired) electrons. The van der Waals surface area contributed by atoms with E-state index in [-0.39, 0.29) is 35.3 Å². The maximum atomic E-state index is 11.2. The second-order valence-electron chi connectivity index (χ2n) is 6.91. The van der Waals surface area contributed by atoms with Gasteiger partial charge in [-0.1, -0.05) is 56.3 Å². The van der Waals surface area contributed by atoms with Gasteiger partial charge in [-0.15, -0.1) is 24.0 Å². The first-order valence-electron chi connectivity index (χ1n) is 8.77. The number of carbonyl (C=O) groups is 1. The van der Waals surface area contributed by atoms with Gasteiger partial charge in [0.2, 0.25) is 5.91 Å². The summed E-state index contributed by atoms with van der Waals surface area (Å²) in [7, 11) is 1.76. The van der Waals surface area contributed by atoms with Crippen molar-refractivity contribution >= 4 is 41.5 Å². The van der Waals surface area contributed by atoms with E-state index in [9.17, 15) is 4.79 Å². The third kappa shape index (κ3) is 7.58. The third-order valence-corrected chi connectivity index (χ3v) is 4.18. The lowest BCUT2D eigenvalue weighted by Gasteiger charge is -2.26. The van der Waals surface area contributed by atoms with Crippen LogP contribution in [0.1, 0.15) is 31.9 Å². The summed E-state index contributed by atoms with van der Waals surface area (Å²) in [6.45, 7) is 7.31. The molecule has 6 heteroatoms. The molecule has 2 aromatic carbocycles. The number of guanidine groups is 1. The fourth-order valence-electron chi connectivity index (χ4n) is 2.66. The minimum Gasteiger partial charge on any atom is -0.356 e. The molecule has 1 amide bonds. The summed E-state index contributed by atoms with van der Waals surface area (Å²) in [5.74, 6) is 0.676. The fraction of sp³-hybridized carbons (Fsp3) is 0.333. The topological polar surface area (TPSA) is 65.5 Å². The van der Waals surface area contributed by atoms with Crippen molar-refractivity contribution in [1.29, 1.82) is 0 Å². The van der Waals surface area contributed by atoms with Crippen LogP contribution in [0.15, 0.2) is 59.6 Å². The van der Waals surface area contributed by atoms with Crippen LogP contribution < -0.4 is 16.0 Å². The molecule has 0 saturated heterocycles. The molecular formula is C21H29IN4O. The van der Waals surface area contributed by atoms with Crippen molar-refractivity contribution in [1.82, 2.24) is 10.6 Å². The van der Waals surface area contributed by atoms with Crippen LogP contribution in [0.2, 0.25) is 0 Å². The number of nitrogens with one attached hydrogen (secondary N) is 3. The lowest BCUT2D eigenvalue weighted by atomic mass is 9.85. The first-order valence-corrected chi connectivity index (χ1v) is 8.77. The molecule has 0 aliphatic rings. The number of halogens is 1. The van der Waals surface area contributed by atoms with Crippen LogP contribution in [0, 0.1) is 0 Å². The molecular weight excluding hydrogens is 451 g/mol. The predicted octanol–water partition coefficient (Wildman–Crippen LogP) is 3.91. The Morgan fingerprint density at radius 1 is 1.04 bits per heavy atom. The van der Waals surface area contributed by atoms with Crippen molar-refractivity contribution in [2.45, 2.75) is 32.7 Å². The highest BCUT2D eigenvalue weighted by Gasteiger charge is 2.20. The third-order valence-electron chi connectivity index (χ3n) is 4.18. The summed E-state index contributed by atoms with van der Waals surface area (Å²) in [5, 5.41) is 9.51. The Balaban J connectivity index is 0.00000364. The summed E-state index contributed by atoms with van der Waals surface area (Å²) < 4.78 is 0. The van der Waals surface area contributed by atoms with E-state index in [0.29, 0.717) is 6.54 Å². The number of carbonyl (C=O) groups excluding carboxylic acids is 1. The second-order valence-corrected chi connectivity index (χ2v) is 6.91. The summed E-state index contributed by atoms with van der Waals surface area (Å²) >= 11 is 0. The smallest absolute Gasteiger partial charge is 0.221 e. The molecule has 0 bridgehead atoms. The number of hydrogen-bond donors (Lipinski definition) is 3. The fourth-order valence-corrected chi connectivity index (χ4v) is 2.66. The Hall–Kier alpha value is -2.09. The van der Waals surface area contributed by atoms with Gasteiger partial charge in [0.25, 0.3) is 0 Å². The van der Waals surface area contributed by atoms with Crippen molar-refractivity contribution in [2.75, 3.05) is 18.9 Å². The monoisotopic (exact) mass is 480 g/mol. The lowest BCUT2D eigenvalue weighted by Crippen LogP contribution is -2.43. The minimum atomic E-state index is -0.0734. The SMILES string of the molecule is CN=C(NCc1cccc(NC(C)=O)c1)NCC(C)(C)c1ccccc1.I. The molecule has 0 spiro atoms. The molecule has 0 saturated carbocycles. The van der Waals surface area contributed by atoms with Crippen LogP contribution >= 0.6 is 24.0 Å². The summed E-state index contributed by atoms with van der Waals surface area (Å²) in [6.07, 6.45) is 0. The van der Waals surface area contributed by atoms with Crippen molar-refractivity contribution < 1.29 is 4.79 Å². The largest absolute Gasteiger partial charge is 0.356 e. The molecule has 27 heavy (non-hydrogen) atoms. The Bertz CT molecular complexity index is 760. The Morgan fingerprint density at radius 2 is 1.74 bits per heavy atom. The van der Waals surface area contributed by atoms with Crippen LogP contribution in [0.25, 0.3) is 0 Å². The van der Waals surface area contributed by atoms with Crippen molar-refractivity contribution in [3.05, 3.63) is 65.7 Å². The average molecular weight is 480 g/mol. The van der Waals surface area contributed by atoms with Gasteiger partial charge in [-0.05, 0) is 23.3 Å². The molecule has 0 atom stereocenters. The standard InChI is InChI=1S/C21H28N4O.HI/c1-16(26)25-19-12-8-9-17(13-19)14-23-20(22-4)24-15-21(2,3)18-10-6-5-7-11-18;/h5-13H,14-15H2,1-4H3,(H,25,26)(H2,22,23,24);1H. The molecule has 2 rings (SSSR count). The van der Waals surface area contributed by atoms with Gasteiger partial charge in [0.15, 0.2) is 5.96 Å². The second kappa shape index (κ2) is 10.9. The molecule has 0 heterocycles. The zero-order valence-electron chi connectivity index (χ0n) is 16.4. The van der Waals surface area contributed by atoms with Gasteiger partial charge in [0.1, 0.15) is 0 Å². The molecule has 0 unspecified atom stereocenters. The number of nitrogens with zero attached hydrogens (tertiary/aromatic N) is 1. The average Bonchev–Trinajstić information content (AvgIpc) is 2.62. The van der Waals surface area contributed by atoms with E-state index >= 15 is 0 Å². The van der Waals surface area contributed by atoms with Gasteiger partial charge >= 0.3 is 0 Å². The van der Waals surface area contributed by atoms with Gasteiger partial charge in [0, 0.05) is 38.2 Å². The van der Waals surface area contributed by atoms with Gasteiger partial charge in [-0.2, -0.15) is 0 Å². The summed E-state index contributed by atoms with van der Waals surface area (Å²) in [4.78, 5) is 15.5. The van der Waals surface area contributed by atoms with Crippen molar-refractivity contribution in [3.8, 4) is 0 Å². The van der Waals surface area contributed by atoms with Crippen LogP contribution in [-0.2, 0) is 16.8 Å². The molecule has 5 nitrogen and oxygen atoms in total. The van der Waals surface area contributed by atoms with Gasteiger partial charge in [-0.3, -0.25) is 9.79 Å². The van der Waals surface area contributed by atoms with Crippen LogP contribution in [0.4, 0.5) is 5.69 Å². The van der Waals surface area contributed by atoms with E-state index in [1.165, 1.54) is 12.5 Å². The van der Waals surface area contributed by atoms with Gasteiger partial charge in [0.05, 0.1) is 0 Å². The van der Waals surface area contributed by atoms with Crippen LogP contribution in [-0.4, -0.2) is 25.5 Å². The van der Waals surface area contributed by atoms with Gasteiger partial charge in [-0.25, -0.2) is 0 Å². The highest BCUT2D eigenvalue weighted by Crippen LogP contribution is 2.21. The van der Waals surface area contributed by atoms with Crippen molar-refractivity contribution in [2.24, 2.45) is 4.99 Å². The first-order chi connectivity index (χ1) is 12.4. The van der Waals surface area contributed by atoms with Gasteiger partial charge < -0.3 is 16.0 Å². The number of rotatable bonds is 6. The zero-order chi connectivity index (χ0) is 19.0. The Labute approximate surface area is 179 Å². The minimum absolute atomic E-state index is 0. The highest BCUT2D eigenvalue weighted by atomic mass is 127. The quantitative estimate of drug-likeness (QED) is 0.334. The first kappa shape index (κ1) is 23.0. The van der Waals surface area contributed by atoms with Crippen molar-refractivity contribution in [3.63, 3.8) is 0 Å². The number of anilines is 1. The maximum absolute atomic E-state index is 11.2. The normalized spacial score (nSPS) is 11.3. The number of aliphatic imine (C=N–C) groups is 1. The molecule has 0 aromatic heterocycles. The summed E-state index contributed by atoms with van der Waals surface area (Å²) in [6, 6.07) is 18.2. The van der Waals surface area contributed by atoms with Crippen LogP contribution in [0.5, 0.6) is 0 Å².